The summed E-state index contributed by atoms with van der Waals surface area (Å²) in [5.41, 5.74) is 7.51. The second-order valence-electron chi connectivity index (χ2n) is 5.79. The molecule has 1 amide bonds. The number of carbonyl (C=O) groups excluding carboxylic acids is 2. The van der Waals surface area contributed by atoms with Crippen molar-refractivity contribution in [2.24, 2.45) is 0 Å². The van der Waals surface area contributed by atoms with Crippen molar-refractivity contribution in [1.29, 1.82) is 5.26 Å². The van der Waals surface area contributed by atoms with Gasteiger partial charge in [0, 0.05) is 28.2 Å². The minimum absolute atomic E-state index is 0.0189. The summed E-state index contributed by atoms with van der Waals surface area (Å²) < 4.78 is 6.19. The molecule has 0 aliphatic carbocycles. The summed E-state index contributed by atoms with van der Waals surface area (Å²) in [6, 6.07) is 15.2. The highest BCUT2D eigenvalue weighted by Crippen LogP contribution is 2.25. The van der Waals surface area contributed by atoms with E-state index in [0.29, 0.717) is 22.0 Å². The van der Waals surface area contributed by atoms with E-state index in [1.54, 1.807) is 48.5 Å². The summed E-state index contributed by atoms with van der Waals surface area (Å²) >= 11 is 5.85. The van der Waals surface area contributed by atoms with Crippen LogP contribution in [-0.4, -0.2) is 23.6 Å². The maximum Gasteiger partial charge on any atom is 0.357 e. The number of anilines is 2. The van der Waals surface area contributed by atoms with Crippen LogP contribution in [0.25, 0.3) is 5.69 Å². The summed E-state index contributed by atoms with van der Waals surface area (Å²) in [7, 11) is 1.22. The second-order valence-corrected chi connectivity index (χ2v) is 6.23. The van der Waals surface area contributed by atoms with Gasteiger partial charge in [0.15, 0.2) is 5.69 Å². The van der Waals surface area contributed by atoms with E-state index in [4.69, 9.17) is 22.1 Å². The van der Waals surface area contributed by atoms with E-state index in [2.05, 4.69) is 5.32 Å². The number of hydrogen-bond donors (Lipinski definition) is 2. The average Bonchev–Trinajstić information content (AvgIpc) is 3.05. The van der Waals surface area contributed by atoms with Crippen molar-refractivity contribution in [1.82, 2.24) is 4.57 Å². The van der Waals surface area contributed by atoms with Crippen LogP contribution in [0.4, 0.5) is 11.4 Å². The Bertz CT molecular complexity index is 1100. The minimum Gasteiger partial charge on any atom is -0.464 e. The number of rotatable bonds is 4. The molecule has 28 heavy (non-hydrogen) atoms. The van der Waals surface area contributed by atoms with Gasteiger partial charge in [-0.05, 0) is 42.5 Å². The number of nitriles is 1. The van der Waals surface area contributed by atoms with Gasteiger partial charge in [0.05, 0.1) is 18.4 Å². The predicted molar refractivity (Wildman–Crippen MR) is 106 cm³/mol. The highest BCUT2D eigenvalue weighted by atomic mass is 35.5. The van der Waals surface area contributed by atoms with E-state index < -0.39 is 5.97 Å². The molecule has 0 saturated carbocycles. The molecule has 1 aromatic heterocycles. The van der Waals surface area contributed by atoms with Gasteiger partial charge >= 0.3 is 5.97 Å². The Balaban J connectivity index is 1.98. The predicted octanol–water partition coefficient (Wildman–Crippen LogP) is 3.62. The van der Waals surface area contributed by atoms with Gasteiger partial charge in [-0.25, -0.2) is 4.79 Å². The van der Waals surface area contributed by atoms with Crippen LogP contribution in [0.1, 0.15) is 26.4 Å². The molecule has 1 heterocycles. The Kier molecular flexibility index (Phi) is 5.34. The van der Waals surface area contributed by atoms with Crippen molar-refractivity contribution in [3.8, 4) is 11.8 Å². The van der Waals surface area contributed by atoms with E-state index in [1.165, 1.54) is 17.9 Å². The molecule has 0 fully saturated rings. The van der Waals surface area contributed by atoms with E-state index in [9.17, 15) is 14.9 Å². The van der Waals surface area contributed by atoms with Crippen LogP contribution in [-0.2, 0) is 4.74 Å². The maximum absolute atomic E-state index is 12.6. The van der Waals surface area contributed by atoms with Crippen LogP contribution in [0.5, 0.6) is 0 Å². The van der Waals surface area contributed by atoms with Crippen molar-refractivity contribution >= 4 is 34.9 Å². The molecule has 0 aliphatic heterocycles. The summed E-state index contributed by atoms with van der Waals surface area (Å²) in [6.07, 6.45) is 1.43. The third-order valence-electron chi connectivity index (χ3n) is 4.03. The van der Waals surface area contributed by atoms with E-state index in [0.717, 1.165) is 0 Å². The van der Waals surface area contributed by atoms with Crippen LogP contribution in [0.15, 0.2) is 54.7 Å². The third-order valence-corrected chi connectivity index (χ3v) is 4.28. The molecule has 2 aromatic carbocycles. The zero-order valence-electron chi connectivity index (χ0n) is 14.8. The number of aromatic nitrogens is 1. The summed E-state index contributed by atoms with van der Waals surface area (Å²) in [5, 5.41) is 12.5. The molecule has 0 unspecified atom stereocenters. The minimum atomic E-state index is -0.685. The monoisotopic (exact) mass is 394 g/mol. The molecular formula is C20H15ClN4O3. The number of carbonyl (C=O) groups is 2. The molecule has 3 rings (SSSR count). The molecule has 0 atom stereocenters. The van der Waals surface area contributed by atoms with Gasteiger partial charge in [0.25, 0.3) is 5.91 Å². The smallest absolute Gasteiger partial charge is 0.357 e. The first-order chi connectivity index (χ1) is 13.4. The van der Waals surface area contributed by atoms with Crippen molar-refractivity contribution < 1.29 is 14.3 Å². The van der Waals surface area contributed by atoms with Gasteiger partial charge in [0.1, 0.15) is 6.07 Å². The quantitative estimate of drug-likeness (QED) is 0.656. The number of amides is 1. The van der Waals surface area contributed by atoms with Gasteiger partial charge < -0.3 is 20.4 Å². The topological polar surface area (TPSA) is 110 Å². The number of methoxy groups -OCH3 is 1. The standard InChI is InChI=1S/C20H15ClN4O3/c1-28-20(27)18-17(23)13(10-22)11-25(18)16-4-2-3-12(9-16)19(26)24-15-7-5-14(21)6-8-15/h2-9,11H,23H2,1H3,(H,24,26). The molecule has 8 heteroatoms. The van der Waals surface area contributed by atoms with Crippen LogP contribution >= 0.6 is 11.6 Å². The van der Waals surface area contributed by atoms with E-state index in [1.807, 2.05) is 6.07 Å². The number of ether oxygens (including phenoxy) is 1. The SMILES string of the molecule is COC(=O)c1c(N)c(C#N)cn1-c1cccc(C(=O)Nc2ccc(Cl)cc2)c1. The molecule has 0 radical (unpaired) electrons. The van der Waals surface area contributed by atoms with Crippen molar-refractivity contribution in [3.05, 3.63) is 76.6 Å². The third kappa shape index (κ3) is 3.68. The van der Waals surface area contributed by atoms with Gasteiger partial charge in [-0.2, -0.15) is 5.26 Å². The first-order valence-electron chi connectivity index (χ1n) is 8.11. The molecule has 3 N–H and O–H groups in total. The van der Waals surface area contributed by atoms with Gasteiger partial charge in [-0.15, -0.1) is 0 Å². The Morgan fingerprint density at radius 1 is 1.21 bits per heavy atom. The van der Waals surface area contributed by atoms with Crippen molar-refractivity contribution in [3.63, 3.8) is 0 Å². The Morgan fingerprint density at radius 3 is 2.57 bits per heavy atom. The molecule has 140 valence electrons. The highest BCUT2D eigenvalue weighted by Gasteiger charge is 2.22. The zero-order chi connectivity index (χ0) is 20.3. The second kappa shape index (κ2) is 7.86. The fourth-order valence-electron chi connectivity index (χ4n) is 2.65. The first kappa shape index (κ1) is 19.0. The lowest BCUT2D eigenvalue weighted by Crippen LogP contribution is -2.14. The van der Waals surface area contributed by atoms with Crippen LogP contribution in [0.2, 0.25) is 5.02 Å². The van der Waals surface area contributed by atoms with Crippen LogP contribution in [0, 0.1) is 11.3 Å². The Labute approximate surface area is 165 Å². The lowest BCUT2D eigenvalue weighted by atomic mass is 10.1. The number of nitrogen functional groups attached to an aromatic ring is 1. The zero-order valence-corrected chi connectivity index (χ0v) is 15.5. The number of nitrogens with zero attached hydrogens (tertiary/aromatic N) is 2. The number of hydrogen-bond acceptors (Lipinski definition) is 5. The molecule has 3 aromatic rings. The van der Waals surface area contributed by atoms with Crippen LogP contribution in [0.3, 0.4) is 0 Å². The Hall–Kier alpha value is -3.76. The van der Waals surface area contributed by atoms with Gasteiger partial charge in [-0.3, -0.25) is 4.79 Å². The number of nitrogens with two attached hydrogens (primary N) is 1. The molecular weight excluding hydrogens is 380 g/mol. The largest absolute Gasteiger partial charge is 0.464 e. The maximum atomic E-state index is 12.6. The summed E-state index contributed by atoms with van der Waals surface area (Å²) in [6.45, 7) is 0. The number of benzene rings is 2. The number of esters is 1. The fraction of sp³-hybridized carbons (Fsp3) is 0.0500. The molecule has 0 spiro atoms. The number of halogens is 1. The van der Waals surface area contributed by atoms with Crippen molar-refractivity contribution in [2.75, 3.05) is 18.2 Å². The lowest BCUT2D eigenvalue weighted by Gasteiger charge is -2.10. The summed E-state index contributed by atoms with van der Waals surface area (Å²) in [5.74, 6) is -1.03. The van der Waals surface area contributed by atoms with E-state index in [-0.39, 0.29) is 22.9 Å². The first-order valence-corrected chi connectivity index (χ1v) is 8.49. The van der Waals surface area contributed by atoms with Crippen molar-refractivity contribution in [2.45, 2.75) is 0 Å². The molecule has 0 aliphatic rings. The lowest BCUT2D eigenvalue weighted by molar-refractivity contribution is 0.0593. The fourth-order valence-corrected chi connectivity index (χ4v) is 2.78. The van der Waals surface area contributed by atoms with Crippen LogP contribution < -0.4 is 11.1 Å². The molecule has 7 nitrogen and oxygen atoms in total. The van der Waals surface area contributed by atoms with Gasteiger partial charge in [0.2, 0.25) is 0 Å². The molecule has 0 bridgehead atoms. The highest BCUT2D eigenvalue weighted by molar-refractivity contribution is 6.30. The van der Waals surface area contributed by atoms with E-state index >= 15 is 0 Å². The average molecular weight is 395 g/mol. The summed E-state index contributed by atoms with van der Waals surface area (Å²) in [4.78, 5) is 24.7. The number of nitrogens with one attached hydrogen (secondary N) is 1. The molecule has 0 saturated heterocycles. The van der Waals surface area contributed by atoms with Gasteiger partial charge in [-0.1, -0.05) is 17.7 Å². The normalized spacial score (nSPS) is 10.2. The Morgan fingerprint density at radius 2 is 1.93 bits per heavy atom.